The van der Waals surface area contributed by atoms with Crippen LogP contribution in [0, 0.1) is 0 Å². The number of likely N-dealkylation sites (tertiary alicyclic amines) is 1. The van der Waals surface area contributed by atoms with E-state index in [1.807, 2.05) is 43.3 Å². The average Bonchev–Trinajstić information content (AvgIpc) is 3.28. The normalized spacial score (nSPS) is 18.4. The molecule has 0 aromatic heterocycles. The summed E-state index contributed by atoms with van der Waals surface area (Å²) in [6.45, 7) is 6.16. The van der Waals surface area contributed by atoms with Crippen molar-refractivity contribution >= 4 is 28.9 Å². The minimum atomic E-state index is -0.999. The molecule has 1 atom stereocenters. The van der Waals surface area contributed by atoms with Gasteiger partial charge in [-0.15, -0.1) is 0 Å². The number of carbonyl (C=O) groups excluding carboxylic acids is 2. The van der Waals surface area contributed by atoms with Gasteiger partial charge < -0.3 is 15.0 Å². The molecule has 0 saturated carbocycles. The molecule has 0 aliphatic carbocycles. The maximum atomic E-state index is 13.2. The number of amides is 1. The van der Waals surface area contributed by atoms with E-state index in [4.69, 9.17) is 4.74 Å². The Hall–Kier alpha value is -3.06. The van der Waals surface area contributed by atoms with Crippen molar-refractivity contribution in [1.82, 2.24) is 4.90 Å². The third-order valence-corrected chi connectivity index (χ3v) is 6.82. The smallest absolute Gasteiger partial charge is 0.332 e. The molecule has 4 rings (SSSR count). The first-order chi connectivity index (χ1) is 15.5. The number of nitrogens with zero attached hydrogens (tertiary/aromatic N) is 3. The van der Waals surface area contributed by atoms with E-state index < -0.39 is 5.54 Å². The van der Waals surface area contributed by atoms with Gasteiger partial charge in [0.15, 0.2) is 0 Å². The maximum Gasteiger partial charge on any atom is 0.332 e. The Bertz CT molecular complexity index is 957. The highest BCUT2D eigenvalue weighted by atomic mass is 16.5. The monoisotopic (exact) mass is 436 g/mol. The van der Waals surface area contributed by atoms with Crippen LogP contribution in [0.15, 0.2) is 54.6 Å². The van der Waals surface area contributed by atoms with Crippen molar-refractivity contribution in [3.8, 4) is 0 Å². The molecule has 1 saturated heterocycles. The highest BCUT2D eigenvalue weighted by molar-refractivity contribution is 6.02. The Balaban J connectivity index is 1.58. The van der Waals surface area contributed by atoms with Crippen LogP contribution in [0.3, 0.4) is 0 Å². The summed E-state index contributed by atoms with van der Waals surface area (Å²) in [6, 6.07) is 17.8. The number of fused-ring (bicyclic) bond motifs is 1. The van der Waals surface area contributed by atoms with Crippen LogP contribution < -0.4 is 15.1 Å². The first-order valence-corrected chi connectivity index (χ1v) is 11.3. The largest absolute Gasteiger partial charge is 0.467 e. The van der Waals surface area contributed by atoms with E-state index in [2.05, 4.69) is 40.2 Å². The minimum Gasteiger partial charge on any atom is -0.467 e. The van der Waals surface area contributed by atoms with E-state index in [-0.39, 0.29) is 18.0 Å². The van der Waals surface area contributed by atoms with E-state index in [1.54, 1.807) is 4.90 Å². The summed E-state index contributed by atoms with van der Waals surface area (Å²) in [5.74, 6) is -0.413. The molecule has 170 valence electrons. The molecule has 2 aliphatic heterocycles. The molecular formula is C25H32N4O3. The molecule has 1 unspecified atom stereocenters. The average molecular weight is 437 g/mol. The second-order valence-electron chi connectivity index (χ2n) is 8.43. The zero-order chi connectivity index (χ0) is 22.7. The molecule has 2 heterocycles. The van der Waals surface area contributed by atoms with Gasteiger partial charge >= 0.3 is 5.97 Å². The third kappa shape index (κ3) is 3.81. The van der Waals surface area contributed by atoms with Crippen LogP contribution in [0.1, 0.15) is 33.1 Å². The van der Waals surface area contributed by atoms with Crippen LogP contribution in [0.25, 0.3) is 0 Å². The van der Waals surface area contributed by atoms with Crippen molar-refractivity contribution in [2.45, 2.75) is 44.8 Å². The molecule has 2 aromatic carbocycles. The molecule has 32 heavy (non-hydrogen) atoms. The van der Waals surface area contributed by atoms with Crippen molar-refractivity contribution in [3.05, 3.63) is 54.6 Å². The van der Waals surface area contributed by atoms with Crippen LogP contribution in [0.4, 0.5) is 17.1 Å². The quantitative estimate of drug-likeness (QED) is 0.697. The van der Waals surface area contributed by atoms with Gasteiger partial charge in [-0.05, 0) is 44.0 Å². The lowest BCUT2D eigenvalue weighted by atomic mass is 9.84. The molecule has 2 aromatic rings. The highest BCUT2D eigenvalue weighted by Crippen LogP contribution is 2.38. The number of esters is 1. The number of piperidine rings is 1. The van der Waals surface area contributed by atoms with E-state index in [0.29, 0.717) is 32.4 Å². The first kappa shape index (κ1) is 22.1. The molecule has 2 aliphatic rings. The number of methoxy groups -OCH3 is 1. The molecule has 0 radical (unpaired) electrons. The van der Waals surface area contributed by atoms with Crippen LogP contribution >= 0.6 is 0 Å². The zero-order valence-electron chi connectivity index (χ0n) is 19.1. The maximum absolute atomic E-state index is 13.2. The van der Waals surface area contributed by atoms with Crippen LogP contribution in [0.2, 0.25) is 0 Å². The van der Waals surface area contributed by atoms with Gasteiger partial charge in [-0.1, -0.05) is 37.3 Å². The molecule has 1 fully saturated rings. The lowest BCUT2D eigenvalue weighted by molar-refractivity contribution is -0.151. The van der Waals surface area contributed by atoms with E-state index >= 15 is 0 Å². The standard InChI is InChI=1S/C25H32N4O3/c1-4-23(30)29(20-10-6-5-7-11-20)25(24(31)32-3)14-16-27(17-15-25)19(2)28-18-26-21-12-8-9-13-22(21)28/h5-13,19,26H,4,14-18H2,1-3H3. The summed E-state index contributed by atoms with van der Waals surface area (Å²) in [5, 5.41) is 3.45. The number of anilines is 3. The summed E-state index contributed by atoms with van der Waals surface area (Å²) in [4.78, 5) is 32.7. The van der Waals surface area contributed by atoms with E-state index in [1.165, 1.54) is 12.8 Å². The predicted molar refractivity (Wildman–Crippen MR) is 127 cm³/mol. The van der Waals surface area contributed by atoms with Crippen molar-refractivity contribution in [2.75, 3.05) is 42.0 Å². The van der Waals surface area contributed by atoms with Gasteiger partial charge in [0, 0.05) is 25.2 Å². The lowest BCUT2D eigenvalue weighted by Crippen LogP contribution is -2.64. The summed E-state index contributed by atoms with van der Waals surface area (Å²) in [6.07, 6.45) is 1.53. The Labute approximate surface area is 189 Å². The van der Waals surface area contributed by atoms with Gasteiger partial charge in [-0.3, -0.25) is 14.6 Å². The molecule has 0 spiro atoms. The molecule has 1 N–H and O–H groups in total. The predicted octanol–water partition coefficient (Wildman–Crippen LogP) is 3.67. The van der Waals surface area contributed by atoms with Gasteiger partial charge in [0.1, 0.15) is 5.54 Å². The highest BCUT2D eigenvalue weighted by Gasteiger charge is 2.50. The summed E-state index contributed by atoms with van der Waals surface area (Å²) < 4.78 is 5.26. The van der Waals surface area contributed by atoms with Crippen LogP contribution in [0.5, 0.6) is 0 Å². The zero-order valence-corrected chi connectivity index (χ0v) is 19.1. The van der Waals surface area contributed by atoms with Crippen LogP contribution in [-0.2, 0) is 14.3 Å². The van der Waals surface area contributed by atoms with E-state index in [0.717, 1.165) is 18.0 Å². The minimum absolute atomic E-state index is 0.0687. The fourth-order valence-electron chi connectivity index (χ4n) is 5.00. The number of ether oxygens (including phenoxy) is 1. The number of hydrogen-bond acceptors (Lipinski definition) is 6. The van der Waals surface area contributed by atoms with Gasteiger partial charge in [0.05, 0.1) is 31.3 Å². The third-order valence-electron chi connectivity index (χ3n) is 6.82. The van der Waals surface area contributed by atoms with Crippen molar-refractivity contribution in [3.63, 3.8) is 0 Å². The Kier molecular flexibility index (Phi) is 6.37. The molecule has 0 bridgehead atoms. The Morgan fingerprint density at radius 1 is 1.09 bits per heavy atom. The van der Waals surface area contributed by atoms with Crippen molar-refractivity contribution in [1.29, 1.82) is 0 Å². The molecule has 1 amide bonds. The number of rotatable bonds is 6. The number of carbonyl (C=O) groups is 2. The van der Waals surface area contributed by atoms with Gasteiger partial charge in [-0.2, -0.15) is 0 Å². The number of nitrogens with one attached hydrogen (secondary N) is 1. The second kappa shape index (κ2) is 9.20. The number of hydrogen-bond donors (Lipinski definition) is 1. The van der Waals surface area contributed by atoms with Gasteiger partial charge in [0.25, 0.3) is 0 Å². The summed E-state index contributed by atoms with van der Waals surface area (Å²) in [5.41, 5.74) is 2.07. The molecular weight excluding hydrogens is 404 g/mol. The summed E-state index contributed by atoms with van der Waals surface area (Å²) in [7, 11) is 1.41. The Morgan fingerprint density at radius 2 is 1.75 bits per heavy atom. The van der Waals surface area contributed by atoms with Crippen LogP contribution in [-0.4, -0.2) is 55.3 Å². The van der Waals surface area contributed by atoms with Gasteiger partial charge in [0.2, 0.25) is 5.91 Å². The first-order valence-electron chi connectivity index (χ1n) is 11.3. The lowest BCUT2D eigenvalue weighted by Gasteiger charge is -2.48. The summed E-state index contributed by atoms with van der Waals surface area (Å²) >= 11 is 0. The number of benzene rings is 2. The Morgan fingerprint density at radius 3 is 2.41 bits per heavy atom. The van der Waals surface area contributed by atoms with Gasteiger partial charge in [-0.25, -0.2) is 4.79 Å². The van der Waals surface area contributed by atoms with E-state index in [9.17, 15) is 9.59 Å². The van der Waals surface area contributed by atoms with Crippen molar-refractivity contribution < 1.29 is 14.3 Å². The topological polar surface area (TPSA) is 65.1 Å². The van der Waals surface area contributed by atoms with Crippen molar-refractivity contribution in [2.24, 2.45) is 0 Å². The SMILES string of the molecule is CCC(=O)N(c1ccccc1)C1(C(=O)OC)CCN(C(C)N2CNc3ccccc32)CC1. The fraction of sp³-hybridized carbons (Fsp3) is 0.440. The second-order valence-corrected chi connectivity index (χ2v) is 8.43. The number of para-hydroxylation sites is 3. The fourth-order valence-corrected chi connectivity index (χ4v) is 5.00. The molecule has 7 nitrogen and oxygen atoms in total. The molecule has 7 heteroatoms.